The highest BCUT2D eigenvalue weighted by molar-refractivity contribution is 5.89. The van der Waals surface area contributed by atoms with E-state index in [4.69, 9.17) is 4.74 Å². The first kappa shape index (κ1) is 16.8. The summed E-state index contributed by atoms with van der Waals surface area (Å²) in [6, 6.07) is 28.3. The number of carbonyl (C=O) groups is 1. The molecule has 0 radical (unpaired) electrons. The fraction of sp³-hybridized carbons (Fsp3) is 0.136. The van der Waals surface area contributed by atoms with Gasteiger partial charge >= 0.3 is 5.97 Å². The van der Waals surface area contributed by atoms with Crippen molar-refractivity contribution in [2.75, 3.05) is 12.0 Å². The number of hydrogen-bond acceptors (Lipinski definition) is 3. The largest absolute Gasteiger partial charge is 0.465 e. The summed E-state index contributed by atoms with van der Waals surface area (Å²) in [4.78, 5) is 13.9. The molecule has 3 aromatic rings. The Balaban J connectivity index is 1.86. The van der Waals surface area contributed by atoms with Gasteiger partial charge in [-0.25, -0.2) is 4.79 Å². The van der Waals surface area contributed by atoms with Gasteiger partial charge in [0.2, 0.25) is 0 Å². The second-order valence-corrected chi connectivity index (χ2v) is 5.87. The predicted molar refractivity (Wildman–Crippen MR) is 101 cm³/mol. The maximum Gasteiger partial charge on any atom is 0.337 e. The average Bonchev–Trinajstić information content (AvgIpc) is 2.68. The molecule has 0 bridgehead atoms. The zero-order chi connectivity index (χ0) is 17.5. The van der Waals surface area contributed by atoms with Crippen molar-refractivity contribution in [3.63, 3.8) is 0 Å². The van der Waals surface area contributed by atoms with E-state index in [0.29, 0.717) is 5.56 Å². The molecular weight excluding hydrogens is 310 g/mol. The van der Waals surface area contributed by atoms with Crippen molar-refractivity contribution in [1.82, 2.24) is 0 Å². The van der Waals surface area contributed by atoms with E-state index in [1.165, 1.54) is 18.2 Å². The van der Waals surface area contributed by atoms with Gasteiger partial charge < -0.3 is 9.64 Å². The van der Waals surface area contributed by atoms with Gasteiger partial charge in [0.25, 0.3) is 0 Å². The molecule has 25 heavy (non-hydrogen) atoms. The molecule has 3 aromatic carbocycles. The molecule has 3 nitrogen and oxygen atoms in total. The lowest BCUT2D eigenvalue weighted by molar-refractivity contribution is 0.0601. The minimum atomic E-state index is -0.316. The highest BCUT2D eigenvalue weighted by Crippen LogP contribution is 2.21. The highest BCUT2D eigenvalue weighted by Gasteiger charge is 2.10. The van der Waals surface area contributed by atoms with Crippen LogP contribution in [0, 0.1) is 0 Å². The first-order valence-electron chi connectivity index (χ1n) is 8.27. The Morgan fingerprint density at radius 1 is 0.760 bits per heavy atom. The number of rotatable bonds is 6. The van der Waals surface area contributed by atoms with Crippen LogP contribution in [0.1, 0.15) is 21.5 Å². The topological polar surface area (TPSA) is 29.5 Å². The van der Waals surface area contributed by atoms with Crippen molar-refractivity contribution in [3.05, 3.63) is 102 Å². The molecular formula is C22H21NO2. The number of carbonyl (C=O) groups excluding carboxylic acids is 1. The van der Waals surface area contributed by atoms with E-state index < -0.39 is 0 Å². The quantitative estimate of drug-likeness (QED) is 0.614. The molecule has 0 heterocycles. The van der Waals surface area contributed by atoms with Crippen molar-refractivity contribution in [2.24, 2.45) is 0 Å². The molecule has 0 atom stereocenters. The van der Waals surface area contributed by atoms with E-state index >= 15 is 0 Å². The number of methoxy groups -OCH3 is 1. The first-order valence-corrected chi connectivity index (χ1v) is 8.27. The maximum absolute atomic E-state index is 11.6. The minimum absolute atomic E-state index is 0.316. The summed E-state index contributed by atoms with van der Waals surface area (Å²) >= 11 is 0. The molecule has 0 unspecified atom stereocenters. The van der Waals surface area contributed by atoms with Crippen molar-refractivity contribution in [1.29, 1.82) is 0 Å². The van der Waals surface area contributed by atoms with Gasteiger partial charge in [0.1, 0.15) is 0 Å². The van der Waals surface area contributed by atoms with Crippen LogP contribution in [-0.4, -0.2) is 13.1 Å². The summed E-state index contributed by atoms with van der Waals surface area (Å²) in [5.41, 5.74) is 4.12. The second kappa shape index (κ2) is 8.15. The number of anilines is 1. The zero-order valence-electron chi connectivity index (χ0n) is 14.3. The summed E-state index contributed by atoms with van der Waals surface area (Å²) in [5.74, 6) is -0.316. The van der Waals surface area contributed by atoms with Crippen molar-refractivity contribution in [3.8, 4) is 0 Å². The number of ether oxygens (including phenoxy) is 1. The summed E-state index contributed by atoms with van der Waals surface area (Å²) in [6.45, 7) is 1.60. The van der Waals surface area contributed by atoms with Gasteiger partial charge in [0, 0.05) is 18.8 Å². The summed E-state index contributed by atoms with van der Waals surface area (Å²) in [5, 5.41) is 0. The standard InChI is InChI=1S/C22H21NO2/c1-25-22(24)20-12-14-21(15-13-20)23(16-18-8-4-2-5-9-18)17-19-10-6-3-7-11-19/h2-15H,16-17H2,1H3. The molecule has 3 heteroatoms. The SMILES string of the molecule is COC(=O)c1ccc(N(Cc2ccccc2)Cc2ccccc2)cc1. The third kappa shape index (κ3) is 4.48. The summed E-state index contributed by atoms with van der Waals surface area (Å²) in [6.07, 6.45) is 0. The zero-order valence-corrected chi connectivity index (χ0v) is 14.3. The molecule has 0 aromatic heterocycles. The van der Waals surface area contributed by atoms with E-state index in [2.05, 4.69) is 53.4 Å². The van der Waals surface area contributed by atoms with Crippen molar-refractivity contribution in [2.45, 2.75) is 13.1 Å². The number of benzene rings is 3. The van der Waals surface area contributed by atoms with Crippen LogP contribution >= 0.6 is 0 Å². The Morgan fingerprint density at radius 3 is 1.68 bits per heavy atom. The van der Waals surface area contributed by atoms with E-state index in [9.17, 15) is 4.79 Å². The Labute approximate surface area is 148 Å². The average molecular weight is 331 g/mol. The molecule has 3 rings (SSSR count). The van der Waals surface area contributed by atoms with Gasteiger partial charge in [-0.05, 0) is 35.4 Å². The van der Waals surface area contributed by atoms with E-state index in [1.54, 1.807) is 0 Å². The lowest BCUT2D eigenvalue weighted by Crippen LogP contribution is -2.22. The molecule has 0 N–H and O–H groups in total. The monoisotopic (exact) mass is 331 g/mol. The van der Waals surface area contributed by atoms with Crippen LogP contribution < -0.4 is 4.90 Å². The Bertz CT molecular complexity index is 757. The fourth-order valence-electron chi connectivity index (χ4n) is 2.77. The van der Waals surface area contributed by atoms with Crippen LogP contribution in [-0.2, 0) is 17.8 Å². The first-order chi connectivity index (χ1) is 12.3. The molecule has 0 saturated carbocycles. The van der Waals surface area contributed by atoms with E-state index in [1.807, 2.05) is 36.4 Å². The minimum Gasteiger partial charge on any atom is -0.465 e. The number of hydrogen-bond donors (Lipinski definition) is 0. The summed E-state index contributed by atoms with van der Waals surface area (Å²) < 4.78 is 4.78. The fourth-order valence-corrected chi connectivity index (χ4v) is 2.77. The molecule has 0 amide bonds. The van der Waals surface area contributed by atoms with Gasteiger partial charge in [-0.3, -0.25) is 0 Å². The van der Waals surface area contributed by atoms with Gasteiger partial charge in [-0.15, -0.1) is 0 Å². The maximum atomic E-state index is 11.6. The second-order valence-electron chi connectivity index (χ2n) is 5.87. The molecule has 0 aliphatic rings. The van der Waals surface area contributed by atoms with E-state index in [-0.39, 0.29) is 5.97 Å². The highest BCUT2D eigenvalue weighted by atomic mass is 16.5. The summed E-state index contributed by atoms with van der Waals surface area (Å²) in [7, 11) is 1.40. The molecule has 0 fully saturated rings. The van der Waals surface area contributed by atoms with Crippen LogP contribution in [0.25, 0.3) is 0 Å². The smallest absolute Gasteiger partial charge is 0.337 e. The van der Waals surface area contributed by atoms with Crippen LogP contribution in [0.15, 0.2) is 84.9 Å². The van der Waals surface area contributed by atoms with Crippen LogP contribution in [0.2, 0.25) is 0 Å². The van der Waals surface area contributed by atoms with Crippen LogP contribution in [0.3, 0.4) is 0 Å². The van der Waals surface area contributed by atoms with Crippen molar-refractivity contribution < 1.29 is 9.53 Å². The van der Waals surface area contributed by atoms with Crippen LogP contribution in [0.5, 0.6) is 0 Å². The molecule has 126 valence electrons. The molecule has 0 spiro atoms. The molecule has 0 saturated heterocycles. The van der Waals surface area contributed by atoms with Gasteiger partial charge in [0.15, 0.2) is 0 Å². The third-order valence-electron chi connectivity index (χ3n) is 4.09. The lowest BCUT2D eigenvalue weighted by atomic mass is 10.1. The molecule has 0 aliphatic heterocycles. The van der Waals surface area contributed by atoms with Gasteiger partial charge in [0.05, 0.1) is 12.7 Å². The third-order valence-corrected chi connectivity index (χ3v) is 4.09. The van der Waals surface area contributed by atoms with E-state index in [0.717, 1.165) is 18.8 Å². The van der Waals surface area contributed by atoms with Crippen LogP contribution in [0.4, 0.5) is 5.69 Å². The Morgan fingerprint density at radius 2 is 1.24 bits per heavy atom. The van der Waals surface area contributed by atoms with Crippen molar-refractivity contribution >= 4 is 11.7 Å². The normalized spacial score (nSPS) is 10.3. The van der Waals surface area contributed by atoms with Gasteiger partial charge in [-0.2, -0.15) is 0 Å². The Kier molecular flexibility index (Phi) is 5.47. The number of nitrogens with zero attached hydrogens (tertiary/aromatic N) is 1. The van der Waals surface area contributed by atoms with Gasteiger partial charge in [-0.1, -0.05) is 60.7 Å². The Hall–Kier alpha value is -3.07. The predicted octanol–water partition coefficient (Wildman–Crippen LogP) is 4.68. The molecule has 0 aliphatic carbocycles. The number of esters is 1. The lowest BCUT2D eigenvalue weighted by Gasteiger charge is -2.25.